The molecule has 4 heterocycles. The van der Waals surface area contributed by atoms with Gasteiger partial charge in [0.05, 0.1) is 18.4 Å². The molecule has 0 radical (unpaired) electrons. The number of nitrogens with one attached hydrogen (secondary N) is 1. The summed E-state index contributed by atoms with van der Waals surface area (Å²) < 4.78 is 8.88. The summed E-state index contributed by atoms with van der Waals surface area (Å²) in [6, 6.07) is 5.92. The zero-order valence-electron chi connectivity index (χ0n) is 17.7. The Hall–Kier alpha value is -3.85. The molecule has 9 nitrogen and oxygen atoms in total. The highest BCUT2D eigenvalue weighted by Gasteiger charge is 2.16. The maximum Gasteiger partial charge on any atom is 0.298 e. The second kappa shape index (κ2) is 8.72. The molecule has 162 valence electrons. The second-order valence-corrected chi connectivity index (χ2v) is 7.85. The molecular formula is C23H23N7O2. The molecule has 1 aliphatic heterocycles. The third-order valence-corrected chi connectivity index (χ3v) is 5.66. The molecule has 1 fully saturated rings. The lowest BCUT2D eigenvalue weighted by molar-refractivity contribution is -0.120. The average molecular weight is 429 g/mol. The number of rotatable bonds is 6. The van der Waals surface area contributed by atoms with Gasteiger partial charge in [0.15, 0.2) is 5.82 Å². The summed E-state index contributed by atoms with van der Waals surface area (Å²) in [6.45, 7) is 2.45. The van der Waals surface area contributed by atoms with Gasteiger partial charge in [-0.05, 0) is 49.7 Å². The first-order valence-corrected chi connectivity index (χ1v) is 10.5. The van der Waals surface area contributed by atoms with Crippen LogP contribution in [-0.2, 0) is 11.8 Å². The number of hydrogen-bond acceptors (Lipinski definition) is 7. The highest BCUT2D eigenvalue weighted by Crippen LogP contribution is 2.30. The SMILES string of the molecule is Cn1cc(-c2cc(OC=O)cc(-c3ncc(-c4cnn(C5CCNCC5)c4)cn3)c2)cn1. The van der Waals surface area contributed by atoms with Crippen LogP contribution in [0.2, 0.25) is 0 Å². The van der Waals surface area contributed by atoms with Crippen molar-refractivity contribution in [1.82, 2.24) is 34.8 Å². The molecule has 0 aliphatic carbocycles. The Bertz CT molecular complexity index is 1220. The Labute approximate surface area is 185 Å². The number of benzene rings is 1. The van der Waals surface area contributed by atoms with E-state index in [4.69, 9.17) is 4.74 Å². The lowest BCUT2D eigenvalue weighted by Gasteiger charge is -2.22. The van der Waals surface area contributed by atoms with E-state index in [2.05, 4.69) is 31.7 Å². The van der Waals surface area contributed by atoms with Gasteiger partial charge in [-0.15, -0.1) is 0 Å². The van der Waals surface area contributed by atoms with Crippen LogP contribution in [0.15, 0.2) is 55.4 Å². The lowest BCUT2D eigenvalue weighted by Crippen LogP contribution is -2.29. The summed E-state index contributed by atoms with van der Waals surface area (Å²) >= 11 is 0. The molecule has 1 aliphatic rings. The van der Waals surface area contributed by atoms with E-state index in [1.165, 1.54) is 0 Å². The van der Waals surface area contributed by atoms with Gasteiger partial charge in [0.2, 0.25) is 0 Å². The first-order valence-electron chi connectivity index (χ1n) is 10.5. The van der Waals surface area contributed by atoms with Crippen LogP contribution >= 0.6 is 0 Å². The number of aromatic nitrogens is 6. The minimum Gasteiger partial charge on any atom is -0.429 e. The van der Waals surface area contributed by atoms with Gasteiger partial charge in [0, 0.05) is 54.1 Å². The fraction of sp³-hybridized carbons (Fsp3) is 0.261. The van der Waals surface area contributed by atoms with Gasteiger partial charge in [-0.3, -0.25) is 14.2 Å². The molecule has 0 bridgehead atoms. The van der Waals surface area contributed by atoms with Gasteiger partial charge in [0.1, 0.15) is 5.75 Å². The summed E-state index contributed by atoms with van der Waals surface area (Å²) in [5, 5.41) is 12.1. The number of hydrogen-bond donors (Lipinski definition) is 1. The zero-order valence-corrected chi connectivity index (χ0v) is 17.7. The normalized spacial score (nSPS) is 14.4. The Morgan fingerprint density at radius 2 is 1.62 bits per heavy atom. The van der Waals surface area contributed by atoms with Crippen LogP contribution in [0.3, 0.4) is 0 Å². The molecule has 0 atom stereocenters. The molecule has 1 N–H and O–H groups in total. The van der Waals surface area contributed by atoms with E-state index in [1.807, 2.05) is 30.2 Å². The Kier molecular flexibility index (Phi) is 5.47. The highest BCUT2D eigenvalue weighted by atomic mass is 16.5. The highest BCUT2D eigenvalue weighted by molar-refractivity contribution is 5.73. The third-order valence-electron chi connectivity index (χ3n) is 5.66. The van der Waals surface area contributed by atoms with Gasteiger partial charge in [-0.1, -0.05) is 0 Å². The number of nitrogens with zero attached hydrogens (tertiary/aromatic N) is 6. The second-order valence-electron chi connectivity index (χ2n) is 7.85. The molecule has 0 spiro atoms. The van der Waals surface area contributed by atoms with E-state index in [1.54, 1.807) is 35.4 Å². The summed E-state index contributed by atoms with van der Waals surface area (Å²) in [5.74, 6) is 0.966. The maximum atomic E-state index is 10.9. The number of carbonyl (C=O) groups is 1. The Morgan fingerprint density at radius 1 is 0.906 bits per heavy atom. The van der Waals surface area contributed by atoms with Crippen molar-refractivity contribution in [1.29, 1.82) is 0 Å². The quantitative estimate of drug-likeness (QED) is 0.471. The zero-order chi connectivity index (χ0) is 21.9. The van der Waals surface area contributed by atoms with E-state index >= 15 is 0 Å². The average Bonchev–Trinajstić information content (AvgIpc) is 3.50. The molecule has 9 heteroatoms. The molecule has 5 rings (SSSR count). The molecule has 0 amide bonds. The van der Waals surface area contributed by atoms with Crippen LogP contribution in [0.1, 0.15) is 18.9 Å². The van der Waals surface area contributed by atoms with Crippen LogP contribution in [0, 0.1) is 0 Å². The van der Waals surface area contributed by atoms with Crippen LogP contribution in [0.5, 0.6) is 5.75 Å². The Morgan fingerprint density at radius 3 is 2.34 bits per heavy atom. The van der Waals surface area contributed by atoms with Gasteiger partial charge >= 0.3 is 0 Å². The van der Waals surface area contributed by atoms with E-state index in [9.17, 15) is 4.79 Å². The van der Waals surface area contributed by atoms with Crippen LogP contribution in [-0.4, -0.2) is 49.1 Å². The van der Waals surface area contributed by atoms with E-state index < -0.39 is 0 Å². The van der Waals surface area contributed by atoms with E-state index in [0.29, 0.717) is 24.1 Å². The first-order chi connectivity index (χ1) is 15.7. The fourth-order valence-corrected chi connectivity index (χ4v) is 3.97. The molecule has 1 saturated heterocycles. The van der Waals surface area contributed by atoms with Crippen molar-refractivity contribution in [2.45, 2.75) is 18.9 Å². The topological polar surface area (TPSA) is 99.8 Å². The van der Waals surface area contributed by atoms with E-state index in [-0.39, 0.29) is 0 Å². The van der Waals surface area contributed by atoms with Gasteiger partial charge in [-0.2, -0.15) is 10.2 Å². The summed E-state index contributed by atoms with van der Waals surface area (Å²) in [4.78, 5) is 20.0. The van der Waals surface area contributed by atoms with Crippen LogP contribution in [0.4, 0.5) is 0 Å². The number of carbonyl (C=O) groups excluding carboxylic acids is 1. The lowest BCUT2D eigenvalue weighted by atomic mass is 10.0. The van der Waals surface area contributed by atoms with Crippen molar-refractivity contribution >= 4 is 6.47 Å². The minimum absolute atomic E-state index is 0.413. The molecular weight excluding hydrogens is 406 g/mol. The molecule has 0 saturated carbocycles. The number of ether oxygens (including phenoxy) is 1. The Balaban J connectivity index is 1.43. The number of aryl methyl sites for hydroxylation is 1. The van der Waals surface area contributed by atoms with Crippen molar-refractivity contribution in [3.05, 3.63) is 55.4 Å². The minimum atomic E-state index is 0.413. The van der Waals surface area contributed by atoms with Gasteiger partial charge in [0.25, 0.3) is 6.47 Å². The third kappa shape index (κ3) is 4.15. The predicted molar refractivity (Wildman–Crippen MR) is 119 cm³/mol. The monoisotopic (exact) mass is 429 g/mol. The van der Waals surface area contributed by atoms with Gasteiger partial charge in [-0.25, -0.2) is 9.97 Å². The van der Waals surface area contributed by atoms with Crippen molar-refractivity contribution in [3.63, 3.8) is 0 Å². The van der Waals surface area contributed by atoms with Crippen molar-refractivity contribution in [3.8, 4) is 39.4 Å². The standard InChI is InChI=1S/C23H23N7O2/c1-29-13-19(11-27-29)16-6-17(8-22(7-16)32-15-31)23-25-9-18(10-26-23)20-12-28-30(14-20)21-2-4-24-5-3-21/h6-15,21,24H,2-5H2,1H3. The molecule has 32 heavy (non-hydrogen) atoms. The largest absolute Gasteiger partial charge is 0.429 e. The smallest absolute Gasteiger partial charge is 0.298 e. The summed E-state index contributed by atoms with van der Waals surface area (Å²) in [6.07, 6.45) is 13.3. The van der Waals surface area contributed by atoms with Crippen molar-refractivity contribution < 1.29 is 9.53 Å². The van der Waals surface area contributed by atoms with E-state index in [0.717, 1.165) is 53.7 Å². The maximum absolute atomic E-state index is 10.9. The van der Waals surface area contributed by atoms with Crippen LogP contribution in [0.25, 0.3) is 33.6 Å². The molecule has 4 aromatic rings. The summed E-state index contributed by atoms with van der Waals surface area (Å²) in [7, 11) is 1.85. The van der Waals surface area contributed by atoms with Crippen molar-refractivity contribution in [2.24, 2.45) is 7.05 Å². The molecule has 0 unspecified atom stereocenters. The fourth-order valence-electron chi connectivity index (χ4n) is 3.97. The predicted octanol–water partition coefficient (Wildman–Crippen LogP) is 2.87. The van der Waals surface area contributed by atoms with Crippen LogP contribution < -0.4 is 10.1 Å². The van der Waals surface area contributed by atoms with Crippen molar-refractivity contribution in [2.75, 3.05) is 13.1 Å². The van der Waals surface area contributed by atoms with Gasteiger partial charge < -0.3 is 10.1 Å². The summed E-state index contributed by atoms with van der Waals surface area (Å²) in [5.41, 5.74) is 4.42. The molecule has 1 aromatic carbocycles. The molecule has 3 aromatic heterocycles. The number of piperidine rings is 1. The first kappa shape index (κ1) is 20.1.